The van der Waals surface area contributed by atoms with E-state index in [4.69, 9.17) is 0 Å². The number of aryl methyl sites for hydroxylation is 1. The van der Waals surface area contributed by atoms with Crippen molar-refractivity contribution in [2.24, 2.45) is 0 Å². The number of nitrogens with zero attached hydrogens (tertiary/aromatic N) is 2. The topological polar surface area (TPSA) is 6.48 Å². The Morgan fingerprint density at radius 1 is 0.579 bits per heavy atom. The zero-order valence-electron chi connectivity index (χ0n) is 21.5. The van der Waals surface area contributed by atoms with Gasteiger partial charge in [0.15, 0.2) is 0 Å². The van der Waals surface area contributed by atoms with Crippen LogP contribution in [0.1, 0.15) is 16.7 Å². The van der Waals surface area contributed by atoms with Crippen molar-refractivity contribution in [3.63, 3.8) is 0 Å². The van der Waals surface area contributed by atoms with Crippen molar-refractivity contribution in [3.8, 4) is 22.3 Å². The van der Waals surface area contributed by atoms with Gasteiger partial charge in [-0.1, -0.05) is 84.9 Å². The van der Waals surface area contributed by atoms with Crippen molar-refractivity contribution in [2.45, 2.75) is 19.8 Å². The molecule has 4 aliphatic rings. The van der Waals surface area contributed by atoms with Gasteiger partial charge in [-0.25, -0.2) is 0 Å². The van der Waals surface area contributed by atoms with E-state index in [2.05, 4.69) is 114 Å². The highest BCUT2D eigenvalue weighted by Gasteiger charge is 2.46. The lowest BCUT2D eigenvalue weighted by Gasteiger charge is -2.42. The standard InChI is InChI=1S/C35H27BN2/c1-22-20-31-33-32(21-22)38-19-17-28-26(24-10-6-3-7-11-24)13-15-30(35(28)38)36(33)29-14-12-25(23-8-4-2-5-9-23)27-16-18-37(31)34(27)29/h2-15,20-21H,16-19H2,1H3. The third kappa shape index (κ3) is 2.59. The highest BCUT2D eigenvalue weighted by atomic mass is 15.2. The minimum absolute atomic E-state index is 0.279. The maximum atomic E-state index is 2.64. The first-order chi connectivity index (χ1) is 18.8. The number of anilines is 4. The minimum atomic E-state index is 0.279. The first-order valence-electron chi connectivity index (χ1n) is 13.9. The van der Waals surface area contributed by atoms with Crippen molar-refractivity contribution in [3.05, 3.63) is 114 Å². The highest BCUT2D eigenvalue weighted by Crippen LogP contribution is 2.47. The van der Waals surface area contributed by atoms with Crippen LogP contribution in [0.15, 0.2) is 97.1 Å². The second-order valence-corrected chi connectivity index (χ2v) is 11.2. The molecule has 0 aliphatic carbocycles. The summed E-state index contributed by atoms with van der Waals surface area (Å²) in [5, 5.41) is 0. The number of rotatable bonds is 2. The number of fused-ring (bicyclic) bond motifs is 4. The second kappa shape index (κ2) is 7.42. The van der Waals surface area contributed by atoms with Gasteiger partial charge < -0.3 is 9.80 Å². The summed E-state index contributed by atoms with van der Waals surface area (Å²) in [7, 11) is 0. The van der Waals surface area contributed by atoms with Crippen molar-refractivity contribution in [1.29, 1.82) is 0 Å². The number of hydrogen-bond donors (Lipinski definition) is 0. The molecule has 0 atom stereocenters. The van der Waals surface area contributed by atoms with Crippen LogP contribution in [-0.4, -0.2) is 19.8 Å². The van der Waals surface area contributed by atoms with Gasteiger partial charge in [0.05, 0.1) is 0 Å². The van der Waals surface area contributed by atoms with E-state index in [-0.39, 0.29) is 6.71 Å². The Morgan fingerprint density at radius 3 is 1.53 bits per heavy atom. The molecule has 2 nitrogen and oxygen atoms in total. The quantitative estimate of drug-likeness (QED) is 0.289. The molecule has 3 heteroatoms. The molecule has 0 radical (unpaired) electrons. The summed E-state index contributed by atoms with van der Waals surface area (Å²) >= 11 is 0. The monoisotopic (exact) mass is 486 g/mol. The average molecular weight is 486 g/mol. The predicted octanol–water partition coefficient (Wildman–Crippen LogP) is 5.86. The molecule has 0 unspecified atom stereocenters. The Hall–Kier alpha value is -4.24. The maximum Gasteiger partial charge on any atom is 0.252 e. The van der Waals surface area contributed by atoms with Crippen molar-refractivity contribution in [2.75, 3.05) is 22.9 Å². The normalized spacial score (nSPS) is 15.4. The summed E-state index contributed by atoms with van der Waals surface area (Å²) in [4.78, 5) is 5.28. The molecule has 180 valence electrons. The van der Waals surface area contributed by atoms with E-state index in [1.54, 1.807) is 0 Å². The Morgan fingerprint density at radius 2 is 1.05 bits per heavy atom. The lowest BCUT2D eigenvalue weighted by molar-refractivity contribution is 0.986. The summed E-state index contributed by atoms with van der Waals surface area (Å²) in [6.07, 6.45) is 2.19. The Labute approximate surface area is 224 Å². The van der Waals surface area contributed by atoms with Crippen LogP contribution >= 0.6 is 0 Å². The van der Waals surface area contributed by atoms with Gasteiger partial charge >= 0.3 is 0 Å². The van der Waals surface area contributed by atoms with E-state index in [0.717, 1.165) is 25.9 Å². The fraction of sp³-hybridized carbons (Fsp3) is 0.143. The Kier molecular flexibility index (Phi) is 4.06. The van der Waals surface area contributed by atoms with Gasteiger partial charge in [0.2, 0.25) is 0 Å². The average Bonchev–Trinajstić information content (AvgIpc) is 3.61. The molecule has 38 heavy (non-hydrogen) atoms. The van der Waals surface area contributed by atoms with Crippen LogP contribution in [0, 0.1) is 6.92 Å². The molecule has 0 saturated heterocycles. The first kappa shape index (κ1) is 20.8. The molecule has 5 aromatic rings. The van der Waals surface area contributed by atoms with Crippen LogP contribution in [0.2, 0.25) is 0 Å². The van der Waals surface area contributed by atoms with Crippen molar-refractivity contribution < 1.29 is 0 Å². The zero-order valence-corrected chi connectivity index (χ0v) is 21.5. The van der Waals surface area contributed by atoms with Crippen molar-refractivity contribution >= 4 is 45.9 Å². The van der Waals surface area contributed by atoms with Crippen molar-refractivity contribution in [1.82, 2.24) is 0 Å². The van der Waals surface area contributed by atoms with Crippen LogP contribution in [0.5, 0.6) is 0 Å². The van der Waals surface area contributed by atoms with E-state index in [1.165, 1.54) is 78.1 Å². The van der Waals surface area contributed by atoms with Crippen LogP contribution in [0.4, 0.5) is 22.7 Å². The Bertz CT molecular complexity index is 1660. The first-order valence-corrected chi connectivity index (χ1v) is 13.9. The fourth-order valence-corrected chi connectivity index (χ4v) is 7.83. The lowest BCUT2D eigenvalue weighted by Crippen LogP contribution is -2.61. The predicted molar refractivity (Wildman–Crippen MR) is 161 cm³/mol. The summed E-state index contributed by atoms with van der Waals surface area (Å²) < 4.78 is 0. The largest absolute Gasteiger partial charge is 0.342 e. The molecule has 0 fully saturated rings. The smallest absolute Gasteiger partial charge is 0.252 e. The van der Waals surface area contributed by atoms with Crippen LogP contribution < -0.4 is 26.2 Å². The van der Waals surface area contributed by atoms with Gasteiger partial charge in [-0.05, 0) is 87.2 Å². The SMILES string of the molecule is Cc1cc2c3c(c1)N1CCc4c(-c5ccccc5)ccc(c41)B3c1ccc(-c3ccccc3)c3c1N2CC3. The summed E-state index contributed by atoms with van der Waals surface area (Å²) in [5.74, 6) is 0. The zero-order chi connectivity index (χ0) is 25.0. The molecule has 9 rings (SSSR count). The summed E-state index contributed by atoms with van der Waals surface area (Å²) in [6.45, 7) is 4.66. The van der Waals surface area contributed by atoms with E-state index in [0.29, 0.717) is 0 Å². The molecule has 0 spiro atoms. The fourth-order valence-electron chi connectivity index (χ4n) is 7.83. The van der Waals surface area contributed by atoms with Crippen LogP contribution in [0.3, 0.4) is 0 Å². The van der Waals surface area contributed by atoms with E-state index >= 15 is 0 Å². The van der Waals surface area contributed by atoms with Gasteiger partial charge in [-0.15, -0.1) is 0 Å². The lowest BCUT2D eigenvalue weighted by atomic mass is 9.33. The molecule has 0 bridgehead atoms. The minimum Gasteiger partial charge on any atom is -0.342 e. The van der Waals surface area contributed by atoms with Gasteiger partial charge in [0.1, 0.15) is 0 Å². The molecule has 0 aromatic heterocycles. The number of benzene rings is 5. The third-order valence-corrected chi connectivity index (χ3v) is 9.28. The third-order valence-electron chi connectivity index (χ3n) is 9.28. The molecule has 5 aromatic carbocycles. The van der Waals surface area contributed by atoms with E-state index < -0.39 is 0 Å². The molecule has 0 saturated carbocycles. The maximum absolute atomic E-state index is 2.64. The van der Waals surface area contributed by atoms with Gasteiger partial charge in [0, 0.05) is 35.8 Å². The highest BCUT2D eigenvalue weighted by molar-refractivity contribution is 7.00. The molecule has 4 aliphatic heterocycles. The molecular weight excluding hydrogens is 459 g/mol. The second-order valence-electron chi connectivity index (χ2n) is 11.2. The van der Waals surface area contributed by atoms with E-state index in [1.807, 2.05) is 0 Å². The molecule has 4 heterocycles. The number of hydrogen-bond acceptors (Lipinski definition) is 2. The van der Waals surface area contributed by atoms with Crippen LogP contribution in [-0.2, 0) is 12.8 Å². The van der Waals surface area contributed by atoms with Gasteiger partial charge in [-0.2, -0.15) is 0 Å². The molecule has 0 N–H and O–H groups in total. The van der Waals surface area contributed by atoms with E-state index in [9.17, 15) is 0 Å². The molecule has 0 amide bonds. The molecular formula is C35H27BN2. The van der Waals surface area contributed by atoms with Crippen LogP contribution in [0.25, 0.3) is 22.3 Å². The van der Waals surface area contributed by atoms with Gasteiger partial charge in [0.25, 0.3) is 6.71 Å². The Balaban J connectivity index is 1.33. The van der Waals surface area contributed by atoms with Gasteiger partial charge in [-0.3, -0.25) is 0 Å². The summed E-state index contributed by atoms with van der Waals surface area (Å²) in [6, 6.07) is 36.5. The summed E-state index contributed by atoms with van der Waals surface area (Å²) in [5.41, 5.74) is 20.1.